The predicted molar refractivity (Wildman–Crippen MR) is 109 cm³/mol. The van der Waals surface area contributed by atoms with Crippen LogP contribution in [0.25, 0.3) is 0 Å². The summed E-state index contributed by atoms with van der Waals surface area (Å²) in [5.74, 6) is -0.379. The second kappa shape index (κ2) is 8.92. The zero-order valence-electron chi connectivity index (χ0n) is 16.5. The third kappa shape index (κ3) is 5.33. The van der Waals surface area contributed by atoms with E-state index >= 15 is 0 Å². The molecule has 0 spiro atoms. The number of hydrogen-bond acceptors (Lipinski definition) is 4. The molecule has 2 aromatic carbocycles. The predicted octanol–water partition coefficient (Wildman–Crippen LogP) is 3.51. The van der Waals surface area contributed by atoms with Crippen LogP contribution in [0.15, 0.2) is 53.4 Å². The number of nitrogens with zero attached hydrogens (tertiary/aromatic N) is 1. The van der Waals surface area contributed by atoms with E-state index in [-0.39, 0.29) is 17.3 Å². The molecule has 2 unspecified atom stereocenters. The minimum Gasteiger partial charge on any atom is -0.481 e. The highest BCUT2D eigenvalue weighted by molar-refractivity contribution is 7.89. The van der Waals surface area contributed by atoms with Crippen LogP contribution in [0.5, 0.6) is 5.75 Å². The molecule has 2 aromatic rings. The fourth-order valence-corrected chi connectivity index (χ4v) is 5.24. The van der Waals surface area contributed by atoms with Gasteiger partial charge in [-0.3, -0.25) is 4.79 Å². The maximum Gasteiger partial charge on any atom is 0.262 e. The van der Waals surface area contributed by atoms with Gasteiger partial charge in [0, 0.05) is 18.8 Å². The summed E-state index contributed by atoms with van der Waals surface area (Å²) in [6, 6.07) is 11.8. The van der Waals surface area contributed by atoms with Crippen LogP contribution in [-0.2, 0) is 14.8 Å². The Bertz CT molecular complexity index is 953. The highest BCUT2D eigenvalue weighted by Gasteiger charge is 2.31. The van der Waals surface area contributed by atoms with Gasteiger partial charge in [-0.2, -0.15) is 4.31 Å². The first-order valence-electron chi connectivity index (χ1n) is 9.53. The number of amides is 1. The summed E-state index contributed by atoms with van der Waals surface area (Å²) in [4.78, 5) is 12.2. The molecule has 1 amide bonds. The van der Waals surface area contributed by atoms with Crippen molar-refractivity contribution in [3.8, 4) is 5.75 Å². The lowest BCUT2D eigenvalue weighted by molar-refractivity contribution is -0.118. The maximum absolute atomic E-state index is 13.5. The van der Waals surface area contributed by atoms with Gasteiger partial charge in [0.2, 0.25) is 10.0 Å². The number of carbonyl (C=O) groups excluding carboxylic acids is 1. The second-order valence-electron chi connectivity index (χ2n) is 7.56. The third-order valence-electron chi connectivity index (χ3n) is 4.81. The normalized spacial score (nSPS) is 20.2. The molecule has 8 heteroatoms. The Labute approximate surface area is 170 Å². The van der Waals surface area contributed by atoms with Crippen LogP contribution in [0.4, 0.5) is 10.1 Å². The topological polar surface area (TPSA) is 75.7 Å². The number of halogens is 1. The zero-order chi connectivity index (χ0) is 21.0. The number of benzene rings is 2. The number of piperidine rings is 1. The van der Waals surface area contributed by atoms with Crippen LogP contribution in [0.2, 0.25) is 0 Å². The van der Waals surface area contributed by atoms with Gasteiger partial charge >= 0.3 is 0 Å². The fraction of sp³-hybridized carbons (Fsp3) is 0.381. The van der Waals surface area contributed by atoms with Gasteiger partial charge in [-0.15, -0.1) is 0 Å². The minimum atomic E-state index is -3.57. The molecular formula is C21H25FN2O4S. The average Bonchev–Trinajstić information content (AvgIpc) is 2.67. The molecule has 29 heavy (non-hydrogen) atoms. The van der Waals surface area contributed by atoms with Crippen LogP contribution in [0.1, 0.15) is 20.3 Å². The van der Waals surface area contributed by atoms with Crippen molar-refractivity contribution in [1.29, 1.82) is 0 Å². The summed E-state index contributed by atoms with van der Waals surface area (Å²) >= 11 is 0. The number of hydrogen-bond donors (Lipinski definition) is 1. The highest BCUT2D eigenvalue weighted by Crippen LogP contribution is 2.27. The summed E-state index contributed by atoms with van der Waals surface area (Å²) in [7, 11) is -3.57. The van der Waals surface area contributed by atoms with E-state index in [1.165, 1.54) is 46.8 Å². The Morgan fingerprint density at radius 2 is 1.72 bits per heavy atom. The van der Waals surface area contributed by atoms with Crippen molar-refractivity contribution in [1.82, 2.24) is 4.31 Å². The molecule has 156 valence electrons. The number of ether oxygens (including phenoxy) is 1. The van der Waals surface area contributed by atoms with Crippen molar-refractivity contribution in [2.24, 2.45) is 11.8 Å². The summed E-state index contributed by atoms with van der Waals surface area (Å²) in [6.45, 7) is 4.78. The molecule has 2 atom stereocenters. The first kappa shape index (κ1) is 21.3. The average molecular weight is 421 g/mol. The molecule has 1 N–H and O–H groups in total. The number of rotatable bonds is 6. The van der Waals surface area contributed by atoms with Crippen molar-refractivity contribution >= 4 is 21.6 Å². The first-order valence-corrected chi connectivity index (χ1v) is 11.0. The number of nitrogens with one attached hydrogen (secondary N) is 1. The summed E-state index contributed by atoms with van der Waals surface area (Å²) in [5, 5.41) is 2.61. The van der Waals surface area contributed by atoms with E-state index in [1.54, 1.807) is 6.07 Å². The molecule has 6 nitrogen and oxygen atoms in total. The van der Waals surface area contributed by atoms with E-state index in [4.69, 9.17) is 4.74 Å². The van der Waals surface area contributed by atoms with Gasteiger partial charge in [-0.25, -0.2) is 12.8 Å². The van der Waals surface area contributed by atoms with E-state index in [1.807, 2.05) is 0 Å². The fourth-order valence-electron chi connectivity index (χ4n) is 3.56. The van der Waals surface area contributed by atoms with Crippen LogP contribution in [0.3, 0.4) is 0 Å². The Hall–Kier alpha value is -2.45. The molecule has 3 rings (SSSR count). The van der Waals surface area contributed by atoms with Gasteiger partial charge in [0.15, 0.2) is 18.2 Å². The van der Waals surface area contributed by atoms with Crippen LogP contribution in [0, 0.1) is 17.7 Å². The number of carbonyl (C=O) groups is 1. The van der Waals surface area contributed by atoms with E-state index in [0.29, 0.717) is 30.6 Å². The lowest BCUT2D eigenvalue weighted by Crippen LogP contribution is -2.42. The molecule has 1 aliphatic rings. The van der Waals surface area contributed by atoms with Gasteiger partial charge in [0.1, 0.15) is 0 Å². The third-order valence-corrected chi connectivity index (χ3v) is 6.65. The monoisotopic (exact) mass is 420 g/mol. The second-order valence-corrected chi connectivity index (χ2v) is 9.50. The van der Waals surface area contributed by atoms with E-state index < -0.39 is 21.7 Å². The van der Waals surface area contributed by atoms with Crippen molar-refractivity contribution in [2.45, 2.75) is 25.2 Å². The largest absolute Gasteiger partial charge is 0.481 e. The maximum atomic E-state index is 13.5. The summed E-state index contributed by atoms with van der Waals surface area (Å²) in [6.07, 6.45) is 1.02. The van der Waals surface area contributed by atoms with Gasteiger partial charge in [-0.05, 0) is 54.7 Å². The Morgan fingerprint density at radius 3 is 2.34 bits per heavy atom. The van der Waals surface area contributed by atoms with Crippen molar-refractivity contribution in [3.63, 3.8) is 0 Å². The van der Waals surface area contributed by atoms with E-state index in [0.717, 1.165) is 6.42 Å². The summed E-state index contributed by atoms with van der Waals surface area (Å²) < 4.78 is 46.0. The number of para-hydroxylation sites is 1. The molecule has 0 aromatic heterocycles. The van der Waals surface area contributed by atoms with Crippen LogP contribution < -0.4 is 10.1 Å². The molecule has 0 bridgehead atoms. The van der Waals surface area contributed by atoms with E-state index in [9.17, 15) is 17.6 Å². The van der Waals surface area contributed by atoms with Crippen LogP contribution >= 0.6 is 0 Å². The summed E-state index contributed by atoms with van der Waals surface area (Å²) in [5.41, 5.74) is 0.437. The standard InChI is InChI=1S/C21H25FN2O4S/c1-15-11-16(2)13-24(12-15)29(26,27)18-9-7-17(8-10-18)23-21(25)14-28-20-6-4-3-5-19(20)22/h3-10,15-16H,11-14H2,1-2H3,(H,23,25). The van der Waals surface area contributed by atoms with E-state index in [2.05, 4.69) is 19.2 Å². The molecule has 0 radical (unpaired) electrons. The lowest BCUT2D eigenvalue weighted by atomic mass is 9.94. The number of sulfonamides is 1. The number of anilines is 1. The molecule has 0 saturated carbocycles. The van der Waals surface area contributed by atoms with Gasteiger partial charge in [-0.1, -0.05) is 26.0 Å². The Balaban J connectivity index is 1.61. The Morgan fingerprint density at radius 1 is 1.10 bits per heavy atom. The van der Waals surface area contributed by atoms with Crippen molar-refractivity contribution < 1.29 is 22.3 Å². The van der Waals surface area contributed by atoms with Gasteiger partial charge < -0.3 is 10.1 Å². The quantitative estimate of drug-likeness (QED) is 0.776. The minimum absolute atomic E-state index is 0.00548. The molecule has 1 heterocycles. The lowest BCUT2D eigenvalue weighted by Gasteiger charge is -2.34. The smallest absolute Gasteiger partial charge is 0.262 e. The first-order chi connectivity index (χ1) is 13.8. The SMILES string of the molecule is CC1CC(C)CN(S(=O)(=O)c2ccc(NC(=O)COc3ccccc3F)cc2)C1. The molecular weight excluding hydrogens is 395 g/mol. The molecule has 1 fully saturated rings. The van der Waals surface area contributed by atoms with Gasteiger partial charge in [0.05, 0.1) is 4.90 Å². The van der Waals surface area contributed by atoms with Crippen molar-refractivity contribution in [3.05, 3.63) is 54.3 Å². The van der Waals surface area contributed by atoms with Crippen LogP contribution in [-0.4, -0.2) is 38.3 Å². The molecule has 1 saturated heterocycles. The highest BCUT2D eigenvalue weighted by atomic mass is 32.2. The Kier molecular flexibility index (Phi) is 6.54. The zero-order valence-corrected chi connectivity index (χ0v) is 17.3. The molecule has 0 aliphatic carbocycles. The van der Waals surface area contributed by atoms with Crippen molar-refractivity contribution in [2.75, 3.05) is 25.0 Å². The van der Waals surface area contributed by atoms with Gasteiger partial charge in [0.25, 0.3) is 5.91 Å². The molecule has 1 aliphatic heterocycles.